The number of nitrogens with two attached hydrogens (primary N) is 1. The van der Waals surface area contributed by atoms with Crippen molar-refractivity contribution in [2.75, 3.05) is 19.8 Å². The highest BCUT2D eigenvalue weighted by Gasteiger charge is 2.16. The van der Waals surface area contributed by atoms with Gasteiger partial charge in [0.05, 0.1) is 0 Å². The maximum absolute atomic E-state index is 5.61. The lowest BCUT2D eigenvalue weighted by atomic mass is 10.0. The number of rotatable bonds is 2. The normalized spacial score (nSPS) is 14.1. The number of benzene rings is 1. The molecule has 2 rings (SSSR count). The molecule has 0 bridgehead atoms. The smallest absolute Gasteiger partial charge is 0.164 e. The topological polar surface area (TPSA) is 44.5 Å². The van der Waals surface area contributed by atoms with Crippen LogP contribution in [0.4, 0.5) is 0 Å². The van der Waals surface area contributed by atoms with Crippen LogP contribution in [0.15, 0.2) is 12.1 Å². The Bertz CT molecular complexity index is 336. The molecule has 76 valence electrons. The van der Waals surface area contributed by atoms with Crippen LogP contribution in [0.25, 0.3) is 0 Å². The van der Waals surface area contributed by atoms with Crippen molar-refractivity contribution in [1.29, 1.82) is 0 Å². The standard InChI is InChI=1S/C11H15NO2/c1-8-2-3-10-11(9(8)4-5-12)14-7-6-13-10/h2-3H,4-7,12H2,1H3. The second-order valence-corrected chi connectivity index (χ2v) is 3.42. The largest absolute Gasteiger partial charge is 0.486 e. The van der Waals surface area contributed by atoms with Gasteiger partial charge in [-0.15, -0.1) is 0 Å². The third-order valence-corrected chi connectivity index (χ3v) is 2.44. The summed E-state index contributed by atoms with van der Waals surface area (Å²) in [5, 5.41) is 0. The van der Waals surface area contributed by atoms with E-state index in [-0.39, 0.29) is 0 Å². The van der Waals surface area contributed by atoms with Gasteiger partial charge in [-0.3, -0.25) is 0 Å². The molecule has 1 heterocycles. The predicted octanol–water partition coefficient (Wildman–Crippen LogP) is 1.27. The first-order valence-corrected chi connectivity index (χ1v) is 4.91. The molecule has 0 saturated carbocycles. The summed E-state index contributed by atoms with van der Waals surface area (Å²) in [4.78, 5) is 0. The molecule has 1 aliphatic rings. The Hall–Kier alpha value is -1.22. The second-order valence-electron chi connectivity index (χ2n) is 3.42. The number of hydrogen-bond acceptors (Lipinski definition) is 3. The van der Waals surface area contributed by atoms with Crippen molar-refractivity contribution in [3.63, 3.8) is 0 Å². The van der Waals surface area contributed by atoms with E-state index in [0.717, 1.165) is 17.9 Å². The van der Waals surface area contributed by atoms with Crippen LogP contribution in [0, 0.1) is 6.92 Å². The molecule has 0 unspecified atom stereocenters. The molecule has 0 fully saturated rings. The minimum atomic E-state index is 0.633. The fourth-order valence-electron chi connectivity index (χ4n) is 1.73. The summed E-state index contributed by atoms with van der Waals surface area (Å²) in [5.74, 6) is 1.74. The van der Waals surface area contributed by atoms with Crippen LogP contribution in [0.3, 0.4) is 0 Å². The molecule has 3 nitrogen and oxygen atoms in total. The SMILES string of the molecule is Cc1ccc2c(c1CCN)OCCO2. The van der Waals surface area contributed by atoms with Crippen LogP contribution in [-0.4, -0.2) is 19.8 Å². The van der Waals surface area contributed by atoms with Gasteiger partial charge in [-0.25, -0.2) is 0 Å². The summed E-state index contributed by atoms with van der Waals surface area (Å²) in [6, 6.07) is 4.02. The zero-order valence-corrected chi connectivity index (χ0v) is 8.38. The van der Waals surface area contributed by atoms with Crippen LogP contribution < -0.4 is 15.2 Å². The van der Waals surface area contributed by atoms with Gasteiger partial charge < -0.3 is 15.2 Å². The highest BCUT2D eigenvalue weighted by atomic mass is 16.6. The van der Waals surface area contributed by atoms with E-state index in [9.17, 15) is 0 Å². The first-order valence-electron chi connectivity index (χ1n) is 4.91. The van der Waals surface area contributed by atoms with Crippen molar-refractivity contribution in [1.82, 2.24) is 0 Å². The van der Waals surface area contributed by atoms with Gasteiger partial charge in [-0.1, -0.05) is 6.07 Å². The molecule has 2 N–H and O–H groups in total. The Kier molecular flexibility index (Phi) is 2.59. The molecule has 1 aromatic carbocycles. The first-order chi connectivity index (χ1) is 6.83. The van der Waals surface area contributed by atoms with E-state index in [4.69, 9.17) is 15.2 Å². The predicted molar refractivity (Wildman–Crippen MR) is 54.9 cm³/mol. The maximum atomic E-state index is 5.61. The van der Waals surface area contributed by atoms with Crippen LogP contribution in [0.1, 0.15) is 11.1 Å². The quantitative estimate of drug-likeness (QED) is 0.769. The van der Waals surface area contributed by atoms with Crippen LogP contribution in [0.5, 0.6) is 11.5 Å². The second kappa shape index (κ2) is 3.88. The van der Waals surface area contributed by atoms with Crippen molar-refractivity contribution in [3.8, 4) is 11.5 Å². The zero-order chi connectivity index (χ0) is 9.97. The monoisotopic (exact) mass is 193 g/mol. The average Bonchev–Trinajstić information content (AvgIpc) is 2.23. The van der Waals surface area contributed by atoms with Crippen molar-refractivity contribution >= 4 is 0 Å². The van der Waals surface area contributed by atoms with Crippen molar-refractivity contribution in [2.24, 2.45) is 5.73 Å². The number of fused-ring (bicyclic) bond motifs is 1. The van der Waals surface area contributed by atoms with Gasteiger partial charge in [-0.05, 0) is 31.5 Å². The summed E-state index contributed by atoms with van der Waals surface area (Å²) < 4.78 is 11.1. The summed E-state index contributed by atoms with van der Waals surface area (Å²) in [6.07, 6.45) is 0.846. The molecule has 0 aromatic heterocycles. The van der Waals surface area contributed by atoms with Gasteiger partial charge in [0.2, 0.25) is 0 Å². The summed E-state index contributed by atoms with van der Waals surface area (Å²) in [5.41, 5.74) is 7.97. The van der Waals surface area contributed by atoms with Gasteiger partial charge in [0.15, 0.2) is 11.5 Å². The lowest BCUT2D eigenvalue weighted by Crippen LogP contribution is -2.18. The van der Waals surface area contributed by atoms with E-state index in [1.807, 2.05) is 6.07 Å². The Balaban J connectivity index is 2.43. The van der Waals surface area contributed by atoms with E-state index in [1.165, 1.54) is 11.1 Å². The Morgan fingerprint density at radius 2 is 2.07 bits per heavy atom. The highest BCUT2D eigenvalue weighted by Crippen LogP contribution is 2.35. The minimum Gasteiger partial charge on any atom is -0.486 e. The zero-order valence-electron chi connectivity index (χ0n) is 8.38. The van der Waals surface area contributed by atoms with Crippen LogP contribution in [-0.2, 0) is 6.42 Å². The molecule has 1 aliphatic heterocycles. The summed E-state index contributed by atoms with van der Waals surface area (Å²) >= 11 is 0. The molecule has 3 heteroatoms. The molecule has 0 atom stereocenters. The summed E-state index contributed by atoms with van der Waals surface area (Å²) in [6.45, 7) is 3.98. The molecule has 0 radical (unpaired) electrons. The highest BCUT2D eigenvalue weighted by molar-refractivity contribution is 5.51. The van der Waals surface area contributed by atoms with Crippen molar-refractivity contribution in [2.45, 2.75) is 13.3 Å². The lowest BCUT2D eigenvalue weighted by Gasteiger charge is -2.22. The number of ether oxygens (including phenoxy) is 2. The average molecular weight is 193 g/mol. The Morgan fingerprint density at radius 3 is 2.86 bits per heavy atom. The molecule has 0 spiro atoms. The molecule has 0 amide bonds. The Morgan fingerprint density at radius 1 is 1.29 bits per heavy atom. The van der Waals surface area contributed by atoms with Crippen molar-refractivity contribution < 1.29 is 9.47 Å². The van der Waals surface area contributed by atoms with Gasteiger partial charge >= 0.3 is 0 Å². The molecule has 0 aliphatic carbocycles. The molecule has 0 saturated heterocycles. The van der Waals surface area contributed by atoms with E-state index in [2.05, 4.69) is 13.0 Å². The van der Waals surface area contributed by atoms with Gasteiger partial charge in [0.25, 0.3) is 0 Å². The van der Waals surface area contributed by atoms with Gasteiger partial charge in [0.1, 0.15) is 13.2 Å². The third-order valence-electron chi connectivity index (χ3n) is 2.44. The van der Waals surface area contributed by atoms with E-state index >= 15 is 0 Å². The van der Waals surface area contributed by atoms with Crippen LogP contribution in [0.2, 0.25) is 0 Å². The third kappa shape index (κ3) is 1.55. The molecule has 14 heavy (non-hydrogen) atoms. The fourth-order valence-corrected chi connectivity index (χ4v) is 1.73. The molecular weight excluding hydrogens is 178 g/mol. The summed E-state index contributed by atoms with van der Waals surface area (Å²) in [7, 11) is 0. The van der Waals surface area contributed by atoms with E-state index in [1.54, 1.807) is 0 Å². The first kappa shape index (κ1) is 9.34. The molecule has 1 aromatic rings. The minimum absolute atomic E-state index is 0.633. The number of hydrogen-bond donors (Lipinski definition) is 1. The van der Waals surface area contributed by atoms with Crippen LogP contribution >= 0.6 is 0 Å². The lowest BCUT2D eigenvalue weighted by molar-refractivity contribution is 0.170. The van der Waals surface area contributed by atoms with Crippen molar-refractivity contribution in [3.05, 3.63) is 23.3 Å². The van der Waals surface area contributed by atoms with E-state index in [0.29, 0.717) is 19.8 Å². The maximum Gasteiger partial charge on any atom is 0.164 e. The molecular formula is C11H15NO2. The van der Waals surface area contributed by atoms with E-state index < -0.39 is 0 Å². The Labute approximate surface area is 83.8 Å². The fraction of sp³-hybridized carbons (Fsp3) is 0.455. The number of aryl methyl sites for hydroxylation is 1. The van der Waals surface area contributed by atoms with Gasteiger partial charge in [0, 0.05) is 5.56 Å². The van der Waals surface area contributed by atoms with Gasteiger partial charge in [-0.2, -0.15) is 0 Å².